The molecule has 0 spiro atoms. The van der Waals surface area contributed by atoms with Gasteiger partial charge in [-0.25, -0.2) is 0 Å². The van der Waals surface area contributed by atoms with Crippen LogP contribution in [0.25, 0.3) is 11.6 Å². The predicted molar refractivity (Wildman–Crippen MR) is 93.8 cm³/mol. The Hall–Kier alpha value is -2.14. The quantitative estimate of drug-likeness (QED) is 0.612. The molecule has 0 N–H and O–H groups in total. The minimum Gasteiger partial charge on any atom is -0.483 e. The smallest absolute Gasteiger partial charge is 0.297 e. The maximum Gasteiger partial charge on any atom is 0.297 e. The lowest BCUT2D eigenvalue weighted by Crippen LogP contribution is -2.28. The fourth-order valence-electron chi connectivity index (χ4n) is 2.65. The zero-order valence-corrected chi connectivity index (χ0v) is 14.5. The Balaban J connectivity index is 1.99. The summed E-state index contributed by atoms with van der Waals surface area (Å²) in [5.74, 6) is 0.960. The van der Waals surface area contributed by atoms with Gasteiger partial charge >= 0.3 is 0 Å². The third-order valence-corrected chi connectivity index (χ3v) is 4.29. The van der Waals surface area contributed by atoms with Gasteiger partial charge in [-0.1, -0.05) is 12.1 Å². The van der Waals surface area contributed by atoms with E-state index >= 15 is 0 Å². The van der Waals surface area contributed by atoms with Crippen LogP contribution in [-0.4, -0.2) is 28.1 Å². The third kappa shape index (κ3) is 2.77. The van der Waals surface area contributed by atoms with Crippen LogP contribution < -0.4 is 4.74 Å². The van der Waals surface area contributed by atoms with Crippen molar-refractivity contribution < 1.29 is 14.3 Å². The fourth-order valence-corrected chi connectivity index (χ4v) is 2.94. The summed E-state index contributed by atoms with van der Waals surface area (Å²) in [7, 11) is 0. The van der Waals surface area contributed by atoms with Gasteiger partial charge in [-0.3, -0.25) is 9.69 Å². The Kier molecular flexibility index (Phi) is 3.76. The average molecular weight is 329 g/mol. The van der Waals surface area contributed by atoms with Gasteiger partial charge in [0.1, 0.15) is 11.4 Å². The highest BCUT2D eigenvalue weighted by molar-refractivity contribution is 7.80. The van der Waals surface area contributed by atoms with E-state index in [2.05, 4.69) is 0 Å². The zero-order chi connectivity index (χ0) is 16.8. The summed E-state index contributed by atoms with van der Waals surface area (Å²) >= 11 is 5.10. The van der Waals surface area contributed by atoms with Crippen molar-refractivity contribution in [1.29, 1.82) is 0 Å². The number of carbonyl (C=O) groups excluding carboxylic acids is 1. The first-order valence-electron chi connectivity index (χ1n) is 7.59. The van der Waals surface area contributed by atoms with E-state index in [0.29, 0.717) is 12.3 Å². The van der Waals surface area contributed by atoms with Crippen molar-refractivity contribution in [1.82, 2.24) is 4.90 Å². The van der Waals surface area contributed by atoms with Crippen molar-refractivity contribution in [3.63, 3.8) is 0 Å². The number of hydrogen-bond acceptors (Lipinski definition) is 4. The maximum absolute atomic E-state index is 12.4. The van der Waals surface area contributed by atoms with Crippen molar-refractivity contribution in [2.75, 3.05) is 6.54 Å². The van der Waals surface area contributed by atoms with Crippen molar-refractivity contribution in [2.45, 2.75) is 33.3 Å². The number of ether oxygens (including phenoxy) is 2. The highest BCUT2D eigenvalue weighted by Gasteiger charge is 2.34. The van der Waals surface area contributed by atoms with Gasteiger partial charge in [-0.15, -0.1) is 0 Å². The minimum atomic E-state index is -0.305. The molecule has 1 aromatic carbocycles. The second-order valence-corrected chi connectivity index (χ2v) is 6.51. The lowest BCUT2D eigenvalue weighted by molar-refractivity contribution is -0.122. The molecule has 5 heteroatoms. The summed E-state index contributed by atoms with van der Waals surface area (Å²) in [6, 6.07) is 5.86. The van der Waals surface area contributed by atoms with Gasteiger partial charge in [0, 0.05) is 17.7 Å². The van der Waals surface area contributed by atoms with Crippen LogP contribution in [-0.2, 0) is 9.53 Å². The number of rotatable bonds is 2. The van der Waals surface area contributed by atoms with Crippen molar-refractivity contribution >= 4 is 34.9 Å². The van der Waals surface area contributed by atoms with Gasteiger partial charge in [0.2, 0.25) is 0 Å². The Labute approximate surface area is 141 Å². The normalized spacial score (nSPS) is 21.0. The van der Waals surface area contributed by atoms with E-state index in [1.807, 2.05) is 58.0 Å². The number of carbonyl (C=O) groups is 1. The molecule has 0 radical (unpaired) electrons. The Bertz CT molecular complexity index is 762. The summed E-state index contributed by atoms with van der Waals surface area (Å²) in [4.78, 5) is 13.8. The third-order valence-electron chi connectivity index (χ3n) is 3.99. The Morgan fingerprint density at radius 1 is 1.35 bits per heavy atom. The lowest BCUT2D eigenvalue weighted by Gasteiger charge is -2.28. The van der Waals surface area contributed by atoms with Crippen LogP contribution in [0, 0.1) is 0 Å². The molecule has 1 fully saturated rings. The van der Waals surface area contributed by atoms with Gasteiger partial charge in [0.25, 0.3) is 11.1 Å². The second kappa shape index (κ2) is 5.49. The number of nitrogens with zero attached hydrogens (tertiary/aromatic N) is 1. The van der Waals surface area contributed by atoms with Crippen molar-refractivity contribution in [3.05, 3.63) is 41.2 Å². The Morgan fingerprint density at radius 2 is 2.09 bits per heavy atom. The number of allylic oxidation sites excluding steroid dienone is 1. The van der Waals surface area contributed by atoms with Crippen LogP contribution in [0.2, 0.25) is 0 Å². The molecule has 3 rings (SSSR count). The van der Waals surface area contributed by atoms with E-state index < -0.39 is 0 Å². The van der Waals surface area contributed by atoms with Crippen molar-refractivity contribution in [3.8, 4) is 5.75 Å². The lowest BCUT2D eigenvalue weighted by atomic mass is 9.98. The van der Waals surface area contributed by atoms with Crippen LogP contribution in [0.4, 0.5) is 0 Å². The SMILES string of the molecule is CCN1C(=O)C(=C(C)c2ccc3c(c2)C=CC(C)(C)O3)OC1=S. The summed E-state index contributed by atoms with van der Waals surface area (Å²) in [6.07, 6.45) is 4.06. The Morgan fingerprint density at radius 3 is 2.74 bits per heavy atom. The van der Waals surface area contributed by atoms with Crippen LogP contribution in [0.15, 0.2) is 30.0 Å². The molecule has 2 aliphatic heterocycles. The number of fused-ring (bicyclic) bond motifs is 1. The number of likely N-dealkylation sites (N-methyl/N-ethyl adjacent to an activating group) is 1. The first kappa shape index (κ1) is 15.7. The van der Waals surface area contributed by atoms with E-state index in [0.717, 1.165) is 22.4 Å². The molecular weight excluding hydrogens is 310 g/mol. The molecule has 0 unspecified atom stereocenters. The topological polar surface area (TPSA) is 38.8 Å². The summed E-state index contributed by atoms with van der Waals surface area (Å²) in [5, 5.41) is 0.217. The molecule has 2 aliphatic rings. The van der Waals surface area contributed by atoms with Crippen LogP contribution in [0.1, 0.15) is 38.8 Å². The molecule has 0 bridgehead atoms. The molecule has 0 saturated carbocycles. The van der Waals surface area contributed by atoms with Crippen molar-refractivity contribution in [2.24, 2.45) is 0 Å². The molecule has 1 saturated heterocycles. The van der Waals surface area contributed by atoms with E-state index in [4.69, 9.17) is 21.7 Å². The highest BCUT2D eigenvalue weighted by atomic mass is 32.1. The first-order chi connectivity index (χ1) is 10.8. The molecule has 4 nitrogen and oxygen atoms in total. The van der Waals surface area contributed by atoms with E-state index in [9.17, 15) is 4.79 Å². The molecular formula is C18H19NO3S. The summed E-state index contributed by atoms with van der Waals surface area (Å²) in [5.41, 5.74) is 2.37. The monoisotopic (exact) mass is 329 g/mol. The molecule has 1 amide bonds. The van der Waals surface area contributed by atoms with Crippen LogP contribution >= 0.6 is 12.2 Å². The van der Waals surface area contributed by atoms with Gasteiger partial charge < -0.3 is 9.47 Å². The summed E-state index contributed by atoms with van der Waals surface area (Å²) < 4.78 is 11.4. The van der Waals surface area contributed by atoms with E-state index in [1.54, 1.807) is 0 Å². The fraction of sp³-hybridized carbons (Fsp3) is 0.333. The summed E-state index contributed by atoms with van der Waals surface area (Å²) in [6.45, 7) is 8.27. The maximum atomic E-state index is 12.4. The largest absolute Gasteiger partial charge is 0.483 e. The van der Waals surface area contributed by atoms with E-state index in [-0.39, 0.29) is 16.7 Å². The first-order valence-corrected chi connectivity index (χ1v) is 8.00. The van der Waals surface area contributed by atoms with Gasteiger partial charge in [0.05, 0.1) is 0 Å². The molecule has 120 valence electrons. The number of amides is 1. The standard InChI is InChI=1S/C18H19NO3S/c1-5-19-16(20)15(21-17(19)23)11(2)12-6-7-14-13(10-12)8-9-18(3,4)22-14/h6-10H,5H2,1-4H3. The van der Waals surface area contributed by atoms with E-state index in [1.165, 1.54) is 4.90 Å². The van der Waals surface area contributed by atoms with Crippen LogP contribution in [0.5, 0.6) is 5.75 Å². The number of thiocarbonyl (C=S) groups is 1. The number of benzene rings is 1. The second-order valence-electron chi connectivity index (χ2n) is 6.16. The molecule has 2 heterocycles. The van der Waals surface area contributed by atoms with Gasteiger partial charge in [-0.05, 0) is 63.7 Å². The predicted octanol–water partition coefficient (Wildman–Crippen LogP) is 3.77. The molecule has 0 aliphatic carbocycles. The average Bonchev–Trinajstić information content (AvgIpc) is 2.79. The zero-order valence-electron chi connectivity index (χ0n) is 13.7. The van der Waals surface area contributed by atoms with Gasteiger partial charge in [0.15, 0.2) is 5.76 Å². The number of hydrogen-bond donors (Lipinski definition) is 0. The molecule has 0 aromatic heterocycles. The minimum absolute atomic E-state index is 0.180. The molecule has 0 atom stereocenters. The molecule has 1 aromatic rings. The highest BCUT2D eigenvalue weighted by Crippen LogP contribution is 2.34. The molecule has 23 heavy (non-hydrogen) atoms. The van der Waals surface area contributed by atoms with Crippen LogP contribution in [0.3, 0.4) is 0 Å². The van der Waals surface area contributed by atoms with Gasteiger partial charge in [-0.2, -0.15) is 0 Å².